The molecule has 0 aliphatic carbocycles. The highest BCUT2D eigenvalue weighted by Crippen LogP contribution is 2.17. The largest absolute Gasteiger partial charge is 0.444 e. The normalized spacial score (nSPS) is 12.7. The molecule has 1 aromatic rings. The number of likely N-dealkylation sites (N-methyl/N-ethyl adjacent to an activating group) is 1. The molecule has 21 heavy (non-hydrogen) atoms. The number of nitrogens with zero attached hydrogens (tertiary/aromatic N) is 1. The topological polar surface area (TPSA) is 55.6 Å². The number of hydrogen-bond donors (Lipinski definition) is 1. The van der Waals surface area contributed by atoms with E-state index in [0.29, 0.717) is 11.6 Å². The minimum atomic E-state index is -0.547. The van der Waals surface area contributed by atoms with Crippen LogP contribution in [0.5, 0.6) is 0 Å². The highest BCUT2D eigenvalue weighted by molar-refractivity contribution is 5.87. The van der Waals surface area contributed by atoms with Gasteiger partial charge >= 0.3 is 5.97 Å². The van der Waals surface area contributed by atoms with E-state index in [1.807, 2.05) is 12.1 Å². The van der Waals surface area contributed by atoms with Crippen LogP contribution in [0, 0.1) is 0 Å². The summed E-state index contributed by atoms with van der Waals surface area (Å²) >= 11 is 0. The molecule has 0 amide bonds. The molecule has 1 rings (SSSR count). The second-order valence-electron chi connectivity index (χ2n) is 4.95. The van der Waals surface area contributed by atoms with Gasteiger partial charge in [-0.1, -0.05) is 43.0 Å². The molecule has 0 bridgehead atoms. The van der Waals surface area contributed by atoms with Crippen LogP contribution < -0.4 is 5.73 Å². The summed E-state index contributed by atoms with van der Waals surface area (Å²) < 4.78 is 4.55. The third-order valence-electron chi connectivity index (χ3n) is 2.56. The van der Waals surface area contributed by atoms with E-state index in [4.69, 9.17) is 5.73 Å². The van der Waals surface area contributed by atoms with Gasteiger partial charge in [-0.25, -0.2) is 4.79 Å². The number of benzene rings is 1. The molecule has 0 aliphatic rings. The Labute approximate surface area is 127 Å². The molecule has 2 unspecified atom stereocenters. The maximum absolute atomic E-state index is 10.6. The van der Waals surface area contributed by atoms with Gasteiger partial charge in [-0.2, -0.15) is 0 Å². The number of hydrogen-bond acceptors (Lipinski definition) is 4. The molecule has 0 aliphatic heterocycles. The SMILES string of the molecule is C=C(C)C(=O)OC(C)N.C=CC(c1ccccc1)N(C)C. The molecular weight excluding hydrogens is 264 g/mol. The van der Waals surface area contributed by atoms with Crippen LogP contribution >= 0.6 is 0 Å². The standard InChI is InChI=1S/C11H15N.C6H11NO2/c1-4-11(12(2)3)10-8-6-5-7-9-10;1-4(2)6(8)9-5(3)7/h4-9,11H,1H2,2-3H3;5H,1,7H2,2-3H3. The molecule has 4 heteroatoms. The fraction of sp³-hybridized carbons (Fsp3) is 0.353. The van der Waals surface area contributed by atoms with E-state index < -0.39 is 12.2 Å². The summed E-state index contributed by atoms with van der Waals surface area (Å²) in [6.07, 6.45) is 1.41. The fourth-order valence-corrected chi connectivity index (χ4v) is 1.56. The van der Waals surface area contributed by atoms with Gasteiger partial charge in [-0.15, -0.1) is 6.58 Å². The first-order valence-corrected chi connectivity index (χ1v) is 6.75. The van der Waals surface area contributed by atoms with Crippen molar-refractivity contribution in [1.82, 2.24) is 4.90 Å². The average Bonchev–Trinajstić information content (AvgIpc) is 2.40. The monoisotopic (exact) mass is 290 g/mol. The lowest BCUT2D eigenvalue weighted by Crippen LogP contribution is -2.23. The minimum Gasteiger partial charge on any atom is -0.444 e. The van der Waals surface area contributed by atoms with Crippen LogP contribution in [0.3, 0.4) is 0 Å². The van der Waals surface area contributed by atoms with Crippen LogP contribution in [0.1, 0.15) is 25.5 Å². The number of rotatable bonds is 5. The molecule has 0 aromatic heterocycles. The fourth-order valence-electron chi connectivity index (χ4n) is 1.56. The van der Waals surface area contributed by atoms with E-state index >= 15 is 0 Å². The molecule has 4 nitrogen and oxygen atoms in total. The van der Waals surface area contributed by atoms with Gasteiger partial charge < -0.3 is 4.74 Å². The van der Waals surface area contributed by atoms with Gasteiger partial charge in [0.25, 0.3) is 0 Å². The summed E-state index contributed by atoms with van der Waals surface area (Å²) in [5.41, 5.74) is 6.80. The Morgan fingerprint density at radius 1 is 1.33 bits per heavy atom. The number of carbonyl (C=O) groups excluding carboxylic acids is 1. The summed E-state index contributed by atoms with van der Waals surface area (Å²) in [6, 6.07) is 10.7. The van der Waals surface area contributed by atoms with Crippen molar-refractivity contribution in [3.8, 4) is 0 Å². The van der Waals surface area contributed by atoms with Crippen LogP contribution in [-0.2, 0) is 9.53 Å². The number of ether oxygens (including phenoxy) is 1. The zero-order chi connectivity index (χ0) is 16.4. The van der Waals surface area contributed by atoms with Crippen molar-refractivity contribution in [1.29, 1.82) is 0 Å². The number of nitrogens with two attached hydrogens (primary N) is 1. The van der Waals surface area contributed by atoms with Gasteiger partial charge in [0.05, 0.1) is 6.04 Å². The van der Waals surface area contributed by atoms with Crippen LogP contribution in [-0.4, -0.2) is 31.2 Å². The quantitative estimate of drug-likeness (QED) is 0.392. The van der Waals surface area contributed by atoms with Gasteiger partial charge in [0.15, 0.2) is 0 Å². The zero-order valence-corrected chi connectivity index (χ0v) is 13.4. The lowest BCUT2D eigenvalue weighted by atomic mass is 10.1. The number of esters is 1. The van der Waals surface area contributed by atoms with Gasteiger partial charge in [0, 0.05) is 5.57 Å². The van der Waals surface area contributed by atoms with Gasteiger partial charge in [0.1, 0.15) is 6.23 Å². The first-order chi connectivity index (χ1) is 9.79. The van der Waals surface area contributed by atoms with Crippen LogP contribution in [0.25, 0.3) is 0 Å². The number of carbonyl (C=O) groups is 1. The summed E-state index contributed by atoms with van der Waals surface area (Å²) in [4.78, 5) is 12.7. The van der Waals surface area contributed by atoms with E-state index in [0.717, 1.165) is 0 Å². The molecule has 0 fully saturated rings. The molecule has 1 aromatic carbocycles. The van der Waals surface area contributed by atoms with Crippen molar-refractivity contribution in [2.24, 2.45) is 5.73 Å². The van der Waals surface area contributed by atoms with Gasteiger partial charge in [0.2, 0.25) is 0 Å². The predicted octanol–water partition coefficient (Wildman–Crippen LogP) is 2.89. The molecule has 2 N–H and O–H groups in total. The van der Waals surface area contributed by atoms with E-state index in [9.17, 15) is 4.79 Å². The van der Waals surface area contributed by atoms with Crippen molar-refractivity contribution < 1.29 is 9.53 Å². The lowest BCUT2D eigenvalue weighted by Gasteiger charge is -2.20. The second kappa shape index (κ2) is 9.91. The Kier molecular flexibility index (Phi) is 9.01. The molecule has 0 heterocycles. The predicted molar refractivity (Wildman–Crippen MR) is 87.6 cm³/mol. The van der Waals surface area contributed by atoms with Crippen LogP contribution in [0.2, 0.25) is 0 Å². The molecule has 2 atom stereocenters. The van der Waals surface area contributed by atoms with Crippen molar-refractivity contribution in [2.45, 2.75) is 26.1 Å². The summed E-state index contributed by atoms with van der Waals surface area (Å²) in [6.45, 7) is 10.4. The molecule has 116 valence electrons. The zero-order valence-electron chi connectivity index (χ0n) is 13.4. The molecule has 0 spiro atoms. The molecule has 0 saturated heterocycles. The Balaban J connectivity index is 0.000000400. The van der Waals surface area contributed by atoms with Gasteiger partial charge in [-0.3, -0.25) is 10.6 Å². The Bertz CT molecular complexity index is 453. The molecular formula is C17H26N2O2. The van der Waals surface area contributed by atoms with Crippen molar-refractivity contribution in [3.05, 3.63) is 60.7 Å². The minimum absolute atomic E-state index is 0.325. The first-order valence-electron chi connectivity index (χ1n) is 6.75. The Hall–Kier alpha value is -1.91. The van der Waals surface area contributed by atoms with Gasteiger partial charge in [-0.05, 0) is 33.5 Å². The van der Waals surface area contributed by atoms with E-state index in [-0.39, 0.29) is 0 Å². The van der Waals surface area contributed by atoms with E-state index in [2.05, 4.69) is 61.2 Å². The third-order valence-corrected chi connectivity index (χ3v) is 2.56. The third kappa shape index (κ3) is 8.07. The molecule has 0 radical (unpaired) electrons. The smallest absolute Gasteiger partial charge is 0.334 e. The first kappa shape index (κ1) is 19.1. The highest BCUT2D eigenvalue weighted by Gasteiger charge is 2.07. The highest BCUT2D eigenvalue weighted by atomic mass is 16.6. The van der Waals surface area contributed by atoms with E-state index in [1.54, 1.807) is 13.8 Å². The molecule has 0 saturated carbocycles. The Morgan fingerprint density at radius 2 is 1.86 bits per heavy atom. The Morgan fingerprint density at radius 3 is 2.14 bits per heavy atom. The summed E-state index contributed by atoms with van der Waals surface area (Å²) in [5.74, 6) is -0.440. The van der Waals surface area contributed by atoms with Crippen LogP contribution in [0.4, 0.5) is 0 Å². The van der Waals surface area contributed by atoms with Crippen molar-refractivity contribution >= 4 is 5.97 Å². The second-order valence-corrected chi connectivity index (χ2v) is 4.95. The lowest BCUT2D eigenvalue weighted by molar-refractivity contribution is -0.143. The maximum Gasteiger partial charge on any atom is 0.334 e. The van der Waals surface area contributed by atoms with Crippen molar-refractivity contribution in [2.75, 3.05) is 14.1 Å². The summed E-state index contributed by atoms with van der Waals surface area (Å²) in [7, 11) is 4.11. The van der Waals surface area contributed by atoms with E-state index in [1.165, 1.54) is 5.56 Å². The average molecular weight is 290 g/mol. The summed E-state index contributed by atoms with van der Waals surface area (Å²) in [5, 5.41) is 0. The van der Waals surface area contributed by atoms with Crippen LogP contribution in [0.15, 0.2) is 55.1 Å². The van der Waals surface area contributed by atoms with Crippen molar-refractivity contribution in [3.63, 3.8) is 0 Å². The maximum atomic E-state index is 10.6.